The molecule has 3 aromatic heterocycles. The molecule has 0 atom stereocenters. The van der Waals surface area contributed by atoms with Gasteiger partial charge in [-0.05, 0) is 74.6 Å². The van der Waals surface area contributed by atoms with Crippen molar-refractivity contribution in [2.45, 2.75) is 63.5 Å². The van der Waals surface area contributed by atoms with Crippen LogP contribution in [-0.4, -0.2) is 44.5 Å². The molecule has 3 heterocycles. The van der Waals surface area contributed by atoms with Gasteiger partial charge in [-0.1, -0.05) is 11.6 Å². The Hall–Kier alpha value is -3.00. The van der Waals surface area contributed by atoms with Gasteiger partial charge in [-0.2, -0.15) is 0 Å². The number of fused-ring (bicyclic) bond motifs is 1. The van der Waals surface area contributed by atoms with Gasteiger partial charge in [0.25, 0.3) is 0 Å². The minimum atomic E-state index is 0.0537. The predicted molar refractivity (Wildman–Crippen MR) is 134 cm³/mol. The summed E-state index contributed by atoms with van der Waals surface area (Å²) in [5.74, 6) is 2.10. The van der Waals surface area contributed by atoms with Gasteiger partial charge in [-0.15, -0.1) is 0 Å². The van der Waals surface area contributed by atoms with E-state index in [1.165, 1.54) is 6.42 Å². The lowest BCUT2D eigenvalue weighted by Crippen LogP contribution is -2.40. The molecule has 5 rings (SSSR count). The molecule has 34 heavy (non-hydrogen) atoms. The van der Waals surface area contributed by atoms with Crippen molar-refractivity contribution in [2.24, 2.45) is 5.92 Å². The molecule has 3 aromatic rings. The summed E-state index contributed by atoms with van der Waals surface area (Å²) in [5.41, 5.74) is 1.57. The number of halogens is 1. The van der Waals surface area contributed by atoms with Gasteiger partial charge in [-0.25, -0.2) is 19.9 Å². The highest BCUT2D eigenvalue weighted by molar-refractivity contribution is 6.33. The van der Waals surface area contributed by atoms with E-state index in [9.17, 15) is 4.79 Å². The molecule has 0 saturated heterocycles. The van der Waals surface area contributed by atoms with Crippen LogP contribution in [0, 0.1) is 5.92 Å². The smallest absolute Gasteiger partial charge is 0.224 e. The van der Waals surface area contributed by atoms with Gasteiger partial charge in [-0.3, -0.25) is 4.79 Å². The summed E-state index contributed by atoms with van der Waals surface area (Å²) >= 11 is 6.20. The van der Waals surface area contributed by atoms with Crippen LogP contribution in [0.2, 0.25) is 5.15 Å². The van der Waals surface area contributed by atoms with Gasteiger partial charge in [0.15, 0.2) is 5.15 Å². The summed E-state index contributed by atoms with van der Waals surface area (Å²) < 4.78 is 0. The zero-order chi connectivity index (χ0) is 23.3. The maximum Gasteiger partial charge on any atom is 0.224 e. The number of amides is 1. The van der Waals surface area contributed by atoms with Gasteiger partial charge in [0, 0.05) is 42.6 Å². The van der Waals surface area contributed by atoms with Crippen LogP contribution < -0.4 is 16.0 Å². The summed E-state index contributed by atoms with van der Waals surface area (Å²) in [4.78, 5) is 29.6. The Labute approximate surface area is 204 Å². The number of anilines is 2. The number of carbonyl (C=O) groups is 1. The first-order valence-corrected chi connectivity index (χ1v) is 12.5. The van der Waals surface area contributed by atoms with E-state index in [2.05, 4.69) is 35.9 Å². The summed E-state index contributed by atoms with van der Waals surface area (Å²) in [7, 11) is 0. The Morgan fingerprint density at radius 1 is 0.971 bits per heavy atom. The van der Waals surface area contributed by atoms with Gasteiger partial charge < -0.3 is 16.0 Å². The molecule has 0 aromatic carbocycles. The third-order valence-corrected chi connectivity index (χ3v) is 7.13. The number of pyridine rings is 2. The Kier molecular flexibility index (Phi) is 7.04. The minimum absolute atomic E-state index is 0.0537. The molecule has 0 radical (unpaired) electrons. The lowest BCUT2D eigenvalue weighted by Gasteiger charge is -2.29. The second-order valence-corrected chi connectivity index (χ2v) is 9.76. The quantitative estimate of drug-likeness (QED) is 0.412. The Balaban J connectivity index is 1.05. The molecule has 0 aliphatic heterocycles. The third kappa shape index (κ3) is 5.73. The van der Waals surface area contributed by atoms with E-state index in [1.54, 1.807) is 18.6 Å². The van der Waals surface area contributed by atoms with Crippen LogP contribution in [0.5, 0.6) is 0 Å². The number of rotatable bonds is 8. The second-order valence-electron chi connectivity index (χ2n) is 9.40. The molecule has 2 fully saturated rings. The first kappa shape index (κ1) is 22.8. The van der Waals surface area contributed by atoms with E-state index in [1.807, 2.05) is 18.2 Å². The fourth-order valence-electron chi connectivity index (χ4n) is 4.60. The topological polar surface area (TPSA) is 105 Å². The van der Waals surface area contributed by atoms with Crippen molar-refractivity contribution in [3.8, 4) is 0 Å². The molecule has 0 spiro atoms. The molecule has 2 aliphatic carbocycles. The van der Waals surface area contributed by atoms with Crippen LogP contribution in [0.4, 0.5) is 11.8 Å². The van der Waals surface area contributed by atoms with Crippen LogP contribution in [-0.2, 0) is 11.2 Å². The van der Waals surface area contributed by atoms with E-state index >= 15 is 0 Å². The molecule has 3 N–H and O–H groups in total. The van der Waals surface area contributed by atoms with Crippen molar-refractivity contribution in [1.29, 1.82) is 0 Å². The highest BCUT2D eigenvalue weighted by Crippen LogP contribution is 2.28. The fourth-order valence-corrected chi connectivity index (χ4v) is 4.81. The second kappa shape index (κ2) is 10.5. The summed E-state index contributed by atoms with van der Waals surface area (Å²) in [6.45, 7) is 0.851. The lowest BCUT2D eigenvalue weighted by molar-refractivity contribution is -0.121. The highest BCUT2D eigenvalue weighted by atomic mass is 35.5. The van der Waals surface area contributed by atoms with E-state index in [0.29, 0.717) is 35.5 Å². The molecular formula is C25H30ClN7O. The van der Waals surface area contributed by atoms with Crippen molar-refractivity contribution >= 4 is 40.2 Å². The van der Waals surface area contributed by atoms with Crippen LogP contribution in [0.15, 0.2) is 36.8 Å². The Morgan fingerprint density at radius 3 is 2.50 bits per heavy atom. The van der Waals surface area contributed by atoms with Gasteiger partial charge in [0.1, 0.15) is 11.3 Å². The lowest BCUT2D eigenvalue weighted by atomic mass is 9.86. The number of nitrogens with zero attached hydrogens (tertiary/aromatic N) is 4. The fraction of sp³-hybridized carbons (Fsp3) is 0.480. The van der Waals surface area contributed by atoms with Crippen molar-refractivity contribution in [1.82, 2.24) is 25.3 Å². The van der Waals surface area contributed by atoms with Gasteiger partial charge in [0.05, 0.1) is 6.42 Å². The maximum absolute atomic E-state index is 12.0. The Bertz CT molecular complexity index is 1130. The van der Waals surface area contributed by atoms with E-state index in [0.717, 1.165) is 67.4 Å². The van der Waals surface area contributed by atoms with Crippen molar-refractivity contribution in [3.05, 3.63) is 47.5 Å². The summed E-state index contributed by atoms with van der Waals surface area (Å²) in [6, 6.07) is 6.71. The van der Waals surface area contributed by atoms with Crippen LogP contribution in [0.3, 0.4) is 0 Å². The van der Waals surface area contributed by atoms with Crippen LogP contribution in [0.25, 0.3) is 10.9 Å². The monoisotopic (exact) mass is 479 g/mol. The normalized spacial score (nSPS) is 20.5. The zero-order valence-corrected chi connectivity index (χ0v) is 19.9. The van der Waals surface area contributed by atoms with E-state index < -0.39 is 0 Å². The average molecular weight is 480 g/mol. The van der Waals surface area contributed by atoms with Gasteiger partial charge in [0.2, 0.25) is 11.9 Å². The average Bonchev–Trinajstić information content (AvgIpc) is 2.82. The molecule has 2 aliphatic rings. The number of nitrogens with one attached hydrogen (secondary N) is 3. The molecule has 2 saturated carbocycles. The maximum atomic E-state index is 12.0. The zero-order valence-electron chi connectivity index (χ0n) is 19.1. The summed E-state index contributed by atoms with van der Waals surface area (Å²) in [6.07, 6.45) is 13.3. The largest absolute Gasteiger partial charge is 0.367 e. The van der Waals surface area contributed by atoms with Crippen molar-refractivity contribution < 1.29 is 4.79 Å². The molecule has 0 unspecified atom stereocenters. The summed E-state index contributed by atoms with van der Waals surface area (Å²) in [5, 5.41) is 11.4. The number of aromatic nitrogens is 4. The van der Waals surface area contributed by atoms with E-state index in [4.69, 9.17) is 11.6 Å². The molecule has 8 nitrogen and oxygen atoms in total. The minimum Gasteiger partial charge on any atom is -0.367 e. The number of hydrogen-bond donors (Lipinski definition) is 3. The first-order chi connectivity index (χ1) is 16.6. The molecule has 9 heteroatoms. The van der Waals surface area contributed by atoms with Crippen molar-refractivity contribution in [3.63, 3.8) is 0 Å². The molecular weight excluding hydrogens is 450 g/mol. The third-order valence-electron chi connectivity index (χ3n) is 6.85. The Morgan fingerprint density at radius 2 is 1.76 bits per heavy atom. The SMILES string of the molecule is O=C(Cc1cnc(NCC2CCC(Nc3ccc4ccnc(Cl)c4n3)CC2)nc1)NC1CCC1. The predicted octanol–water partition coefficient (Wildman–Crippen LogP) is 4.37. The molecule has 0 bridgehead atoms. The van der Waals surface area contributed by atoms with Crippen LogP contribution in [0.1, 0.15) is 50.5 Å². The van der Waals surface area contributed by atoms with Crippen molar-refractivity contribution in [2.75, 3.05) is 17.2 Å². The standard InChI is InChI=1S/C25H30ClN7O/c26-24-23-18(10-11-27-24)6-9-21(33-23)31-20-7-4-16(5-8-20)13-28-25-29-14-17(15-30-25)12-22(34)32-19-2-1-3-19/h6,9-11,14-16,19-20H,1-5,7-8,12-13H2,(H,31,33)(H,32,34)(H,28,29,30). The van der Waals surface area contributed by atoms with Crippen LogP contribution >= 0.6 is 11.6 Å². The first-order valence-electron chi connectivity index (χ1n) is 12.1. The van der Waals surface area contributed by atoms with Gasteiger partial charge >= 0.3 is 0 Å². The number of hydrogen-bond acceptors (Lipinski definition) is 7. The molecule has 178 valence electrons. The highest BCUT2D eigenvalue weighted by Gasteiger charge is 2.22. The molecule has 1 amide bonds. The van der Waals surface area contributed by atoms with E-state index in [-0.39, 0.29) is 5.91 Å². The number of carbonyl (C=O) groups excluding carboxylic acids is 1.